The Bertz CT molecular complexity index is 4730. The number of imidazole rings is 3. The molecule has 6 amide bonds. The molecule has 0 spiro atoms. The van der Waals surface area contributed by atoms with Crippen LogP contribution in [0.25, 0.3) is 33.1 Å². The van der Waals surface area contributed by atoms with E-state index in [4.69, 9.17) is 4.74 Å². The summed E-state index contributed by atoms with van der Waals surface area (Å²) in [5.41, 5.74) is 4.49. The maximum atomic E-state index is 13.1. The molecule has 107 heavy (non-hydrogen) atoms. The number of hydrogen-bond donors (Lipinski definition) is 6. The van der Waals surface area contributed by atoms with Gasteiger partial charge in [0.25, 0.3) is 30.6 Å². The first-order valence-corrected chi connectivity index (χ1v) is 35.7. The fraction of sp³-hybridized carbons (Fsp3) is 0.408. The predicted octanol–water partition coefficient (Wildman–Crippen LogP) is 12.3. The van der Waals surface area contributed by atoms with Gasteiger partial charge in [0.15, 0.2) is 0 Å². The van der Waals surface area contributed by atoms with Gasteiger partial charge in [0.1, 0.15) is 6.10 Å². The van der Waals surface area contributed by atoms with E-state index in [0.29, 0.717) is 117 Å². The number of alkyl halides is 7. The molecule has 2 saturated carbocycles. The van der Waals surface area contributed by atoms with Crippen molar-refractivity contribution in [3.8, 4) is 0 Å². The topological polar surface area (TPSA) is 278 Å². The predicted molar refractivity (Wildman–Crippen MR) is 388 cm³/mol. The molecule has 3 aliphatic heterocycles. The highest BCUT2D eigenvalue weighted by molar-refractivity contribution is 6.07. The molecule has 31 heteroatoms. The SMILES string of the molecule is CC(C)N1CCN(c2ccc3c(c2)nc(NC(=O)c2cccc(C(F)F)c2)n3CCCO)C(=O)C1.O=C(Nc1nc2cc(N3CCC(C4CC4)OC3=O)ccc2n1CCCO)c1cccc(C(F)(F)F)c1.O=C(Nc1nc2cc(N3CCN(C4CCC4)CC3=O)ccc2n1CCCO)c1cccc(C(F)F)c1. The Morgan fingerprint density at radius 1 is 0.514 bits per heavy atom. The number of carbonyl (C=O) groups excluding carboxylic acids is 6. The average molecular weight is 1490 g/mol. The molecule has 9 aromatic rings. The number of fused-ring (bicyclic) bond motifs is 3. The van der Waals surface area contributed by atoms with Crippen molar-refractivity contribution in [2.75, 3.05) is 96.3 Å². The van der Waals surface area contributed by atoms with Crippen LogP contribution in [0.3, 0.4) is 0 Å². The van der Waals surface area contributed by atoms with Crippen molar-refractivity contribution in [3.05, 3.63) is 161 Å². The van der Waals surface area contributed by atoms with E-state index in [0.717, 1.165) is 91.9 Å². The molecule has 6 heterocycles. The molecule has 14 rings (SSSR count). The Hall–Kier alpha value is -10.3. The molecule has 1 unspecified atom stereocenters. The summed E-state index contributed by atoms with van der Waals surface area (Å²) >= 11 is 0. The number of nitrogens with zero attached hydrogens (tertiary/aromatic N) is 11. The third kappa shape index (κ3) is 17.9. The number of amides is 6. The minimum Gasteiger partial charge on any atom is -0.445 e. The summed E-state index contributed by atoms with van der Waals surface area (Å²) in [6, 6.07) is 31.8. The van der Waals surface area contributed by atoms with Gasteiger partial charge in [0.2, 0.25) is 29.7 Å². The van der Waals surface area contributed by atoms with E-state index < -0.39 is 48.4 Å². The van der Waals surface area contributed by atoms with E-state index in [1.165, 1.54) is 55.0 Å². The van der Waals surface area contributed by atoms with Gasteiger partial charge in [0, 0.05) is 136 Å². The minimum atomic E-state index is -4.57. The number of piperazine rings is 2. The molecule has 24 nitrogen and oxygen atoms in total. The number of halogens is 7. The smallest absolute Gasteiger partial charge is 0.416 e. The number of ether oxygens (including phenoxy) is 1. The first-order valence-electron chi connectivity index (χ1n) is 35.7. The maximum absolute atomic E-state index is 13.1. The van der Waals surface area contributed by atoms with E-state index in [1.54, 1.807) is 52.7 Å². The van der Waals surface area contributed by atoms with Crippen molar-refractivity contribution in [2.24, 2.45) is 5.92 Å². The second-order valence-corrected chi connectivity index (χ2v) is 27.2. The standard InChI is InChI=1S/C26H29F2N5O3.C25H25F3N4O4.C25H29F2N5O3/c27-24(28)17-4-1-5-18(14-17)25(36)30-26-29-21-15-20(8-9-22(21)33(26)10-3-13-34)32-12-11-31(16-23(32)35)19-6-2-7-19;26-25(27,28)17-4-1-3-16(13-17)22(34)30-23-29-19-14-18(7-8-20(19)32(23)10-2-12-33)31-11-9-21(15-5-6-15)36-24(31)35;1-16(2)30-10-11-31(22(34)15-30)19-7-8-21-20(14-19)28-25(32(21)9-4-12-33)29-24(35)18-6-3-5-17(13-18)23(26)27/h1,4-5,8-9,14-15,19,24,34H,2-3,6-7,10-13,16H2,(H,29,30,36);1,3-4,7-8,13-15,21,33H,2,5-6,9-12H2,(H,29,30,34);3,5-8,13-14,16,23,33H,4,9-12,15H2,1-2H3,(H,28,29,35). The van der Waals surface area contributed by atoms with Gasteiger partial charge in [-0.25, -0.2) is 37.3 Å². The van der Waals surface area contributed by atoms with E-state index in [1.807, 2.05) is 30.3 Å². The summed E-state index contributed by atoms with van der Waals surface area (Å²) in [7, 11) is 0. The van der Waals surface area contributed by atoms with E-state index in [-0.39, 0.29) is 83.4 Å². The van der Waals surface area contributed by atoms with Crippen molar-refractivity contribution in [3.63, 3.8) is 0 Å². The van der Waals surface area contributed by atoms with Crippen LogP contribution < -0.4 is 30.7 Å². The molecule has 0 radical (unpaired) electrons. The lowest BCUT2D eigenvalue weighted by Gasteiger charge is -2.42. The quantitative estimate of drug-likeness (QED) is 0.0325. The fourth-order valence-corrected chi connectivity index (χ4v) is 13.6. The van der Waals surface area contributed by atoms with Crippen LogP contribution in [0.4, 0.5) is 70.4 Å². The van der Waals surface area contributed by atoms with Crippen LogP contribution in [-0.4, -0.2) is 173 Å². The van der Waals surface area contributed by atoms with Gasteiger partial charge in [-0.1, -0.05) is 36.8 Å². The summed E-state index contributed by atoms with van der Waals surface area (Å²) in [4.78, 5) is 99.8. The summed E-state index contributed by atoms with van der Waals surface area (Å²) in [5, 5.41) is 36.0. The van der Waals surface area contributed by atoms with Crippen molar-refractivity contribution in [2.45, 2.75) is 128 Å². The number of benzene rings is 6. The normalized spacial score (nSPS) is 16.8. The molecule has 5 fully saturated rings. The number of cyclic esters (lactones) is 1. The Labute approximate surface area is 610 Å². The van der Waals surface area contributed by atoms with Gasteiger partial charge >= 0.3 is 12.3 Å². The summed E-state index contributed by atoms with van der Waals surface area (Å²) < 4.78 is 102. The van der Waals surface area contributed by atoms with Crippen LogP contribution in [0.2, 0.25) is 0 Å². The highest BCUT2D eigenvalue weighted by Gasteiger charge is 2.40. The first-order chi connectivity index (χ1) is 51.5. The molecule has 5 aliphatic rings. The van der Waals surface area contributed by atoms with Crippen LogP contribution in [0, 0.1) is 5.92 Å². The number of carbonyl (C=O) groups is 6. The average Bonchev–Trinajstić information content (AvgIpc) is 1.77. The van der Waals surface area contributed by atoms with Crippen molar-refractivity contribution < 1.29 is 79.6 Å². The molecule has 2 aliphatic carbocycles. The van der Waals surface area contributed by atoms with Crippen molar-refractivity contribution in [1.82, 2.24) is 38.5 Å². The zero-order valence-corrected chi connectivity index (χ0v) is 58.9. The van der Waals surface area contributed by atoms with E-state index >= 15 is 0 Å². The number of hydrogen-bond acceptors (Lipinski definition) is 15. The number of aromatic nitrogens is 6. The molecule has 6 aromatic carbocycles. The lowest BCUT2D eigenvalue weighted by Crippen LogP contribution is -2.55. The van der Waals surface area contributed by atoms with Gasteiger partial charge in [-0.05, 0) is 162 Å². The van der Waals surface area contributed by atoms with Crippen LogP contribution in [0.15, 0.2) is 127 Å². The fourth-order valence-electron chi connectivity index (χ4n) is 13.6. The number of aliphatic hydroxyl groups is 3. The molecule has 3 aromatic heterocycles. The molecule has 3 saturated heterocycles. The number of nitrogens with one attached hydrogen (secondary N) is 3. The summed E-state index contributed by atoms with van der Waals surface area (Å²) in [6.45, 7) is 9.11. The zero-order valence-electron chi connectivity index (χ0n) is 58.9. The molecule has 0 bridgehead atoms. The highest BCUT2D eigenvalue weighted by atomic mass is 19.4. The number of rotatable bonds is 23. The molecular formula is C76H83F7N14O10. The second-order valence-electron chi connectivity index (χ2n) is 27.2. The highest BCUT2D eigenvalue weighted by Crippen LogP contribution is 2.40. The lowest BCUT2D eigenvalue weighted by atomic mass is 9.91. The summed E-state index contributed by atoms with van der Waals surface area (Å²) in [5.74, 6) is -0.701. The monoisotopic (exact) mass is 1480 g/mol. The van der Waals surface area contributed by atoms with Crippen LogP contribution in [-0.2, 0) is 40.1 Å². The third-order valence-corrected chi connectivity index (χ3v) is 19.8. The van der Waals surface area contributed by atoms with Gasteiger partial charge in [-0.2, -0.15) is 13.2 Å². The second kappa shape index (κ2) is 33.6. The van der Waals surface area contributed by atoms with Crippen LogP contribution in [0.5, 0.6) is 0 Å². The first kappa shape index (κ1) is 76.3. The Morgan fingerprint density at radius 3 is 1.33 bits per heavy atom. The number of anilines is 6. The largest absolute Gasteiger partial charge is 0.445 e. The Morgan fingerprint density at radius 2 is 0.944 bits per heavy atom. The number of aryl methyl sites for hydroxylation is 3. The van der Waals surface area contributed by atoms with Crippen molar-refractivity contribution >= 4 is 104 Å². The molecular weight excluding hydrogens is 1400 g/mol. The number of aliphatic hydroxyl groups excluding tert-OH is 3. The molecule has 6 N–H and O–H groups in total. The van der Waals surface area contributed by atoms with Gasteiger partial charge in [0.05, 0.1) is 51.8 Å². The summed E-state index contributed by atoms with van der Waals surface area (Å²) in [6.07, 6.45) is -2.65. The molecule has 1 atom stereocenters. The third-order valence-electron chi connectivity index (χ3n) is 19.8. The van der Waals surface area contributed by atoms with Gasteiger partial charge in [-0.15, -0.1) is 0 Å². The van der Waals surface area contributed by atoms with Gasteiger partial charge < -0.3 is 43.6 Å². The van der Waals surface area contributed by atoms with Crippen molar-refractivity contribution in [1.29, 1.82) is 0 Å². The van der Waals surface area contributed by atoms with Crippen LogP contribution in [0.1, 0.15) is 132 Å². The van der Waals surface area contributed by atoms with Crippen LogP contribution >= 0.6 is 0 Å². The lowest BCUT2D eigenvalue weighted by molar-refractivity contribution is -0.137. The maximum Gasteiger partial charge on any atom is 0.416 e. The Kier molecular flexibility index (Phi) is 24.0. The Balaban J connectivity index is 0.000000150. The van der Waals surface area contributed by atoms with E-state index in [2.05, 4.69) is 54.5 Å². The zero-order chi connectivity index (χ0) is 75.8. The minimum absolute atomic E-state index is 0.0106. The van der Waals surface area contributed by atoms with E-state index in [9.17, 15) is 74.8 Å². The van der Waals surface area contributed by atoms with Gasteiger partial charge in [-0.3, -0.25) is 54.6 Å². The molecule has 566 valence electrons.